The third kappa shape index (κ3) is 3.06. The number of hydrogen-bond donors (Lipinski definition) is 0. The zero-order valence-corrected chi connectivity index (χ0v) is 11.6. The van der Waals surface area contributed by atoms with Gasteiger partial charge in [0, 0.05) is 12.0 Å². The van der Waals surface area contributed by atoms with Crippen molar-refractivity contribution in [2.45, 2.75) is 26.4 Å². The molecule has 0 unspecified atom stereocenters. The number of hydrogen-bond acceptors (Lipinski definition) is 6. The van der Waals surface area contributed by atoms with Crippen LogP contribution in [0, 0.1) is 11.3 Å². The molecule has 6 nitrogen and oxygen atoms in total. The Labute approximate surface area is 116 Å². The van der Waals surface area contributed by atoms with Crippen LogP contribution < -0.4 is 9.47 Å². The van der Waals surface area contributed by atoms with Crippen LogP contribution in [0.15, 0.2) is 22.6 Å². The van der Waals surface area contributed by atoms with Crippen LogP contribution in [0.2, 0.25) is 0 Å². The topological polar surface area (TPSA) is 81.2 Å². The number of aromatic nitrogens is 2. The van der Waals surface area contributed by atoms with Crippen LogP contribution in [0.3, 0.4) is 0 Å². The first-order valence-corrected chi connectivity index (χ1v) is 6.17. The van der Waals surface area contributed by atoms with E-state index < -0.39 is 0 Å². The Morgan fingerprint density at radius 3 is 2.70 bits per heavy atom. The fraction of sp³-hybridized carbons (Fsp3) is 0.357. The second-order valence-electron chi connectivity index (χ2n) is 4.45. The number of methoxy groups -OCH3 is 1. The molecule has 0 bridgehead atoms. The lowest BCUT2D eigenvalue weighted by atomic mass is 10.2. The molecule has 1 aromatic heterocycles. The Hall–Kier alpha value is -2.55. The van der Waals surface area contributed by atoms with E-state index >= 15 is 0 Å². The molecule has 104 valence electrons. The molecule has 0 amide bonds. The van der Waals surface area contributed by atoms with E-state index in [0.717, 1.165) is 0 Å². The van der Waals surface area contributed by atoms with Gasteiger partial charge in [0.2, 0.25) is 5.89 Å². The van der Waals surface area contributed by atoms with E-state index in [0.29, 0.717) is 28.8 Å². The quantitative estimate of drug-likeness (QED) is 0.833. The molecular formula is C14H15N3O3. The molecule has 0 saturated carbocycles. The van der Waals surface area contributed by atoms with Crippen molar-refractivity contribution in [3.63, 3.8) is 0 Å². The third-order valence-corrected chi connectivity index (χ3v) is 2.62. The summed E-state index contributed by atoms with van der Waals surface area (Å²) >= 11 is 0. The van der Waals surface area contributed by atoms with Gasteiger partial charge in [-0.15, -0.1) is 10.2 Å². The zero-order chi connectivity index (χ0) is 14.5. The largest absolute Gasteiger partial charge is 0.493 e. The summed E-state index contributed by atoms with van der Waals surface area (Å²) in [5.74, 6) is 2.18. The minimum atomic E-state index is 0.155. The van der Waals surface area contributed by atoms with E-state index in [1.165, 1.54) is 7.11 Å². The van der Waals surface area contributed by atoms with Crippen LogP contribution in [-0.2, 0) is 6.61 Å². The number of nitriles is 1. The number of ether oxygens (including phenoxy) is 2. The molecule has 6 heteroatoms. The van der Waals surface area contributed by atoms with Gasteiger partial charge in [0.1, 0.15) is 0 Å². The lowest BCUT2D eigenvalue weighted by Crippen LogP contribution is -1.98. The highest BCUT2D eigenvalue weighted by Crippen LogP contribution is 2.28. The van der Waals surface area contributed by atoms with Gasteiger partial charge >= 0.3 is 0 Å². The average molecular weight is 273 g/mol. The maximum absolute atomic E-state index is 8.83. The van der Waals surface area contributed by atoms with Gasteiger partial charge in [0.05, 0.1) is 18.7 Å². The molecule has 2 aromatic rings. The van der Waals surface area contributed by atoms with E-state index in [-0.39, 0.29) is 12.5 Å². The van der Waals surface area contributed by atoms with Gasteiger partial charge < -0.3 is 13.9 Å². The average Bonchev–Trinajstić information content (AvgIpc) is 2.94. The van der Waals surface area contributed by atoms with Crippen LogP contribution in [-0.4, -0.2) is 17.3 Å². The molecule has 20 heavy (non-hydrogen) atoms. The van der Waals surface area contributed by atoms with Crippen molar-refractivity contribution in [1.29, 1.82) is 5.26 Å². The third-order valence-electron chi connectivity index (χ3n) is 2.62. The number of benzene rings is 1. The molecular weight excluding hydrogens is 258 g/mol. The second kappa shape index (κ2) is 6.06. The van der Waals surface area contributed by atoms with E-state index in [4.69, 9.17) is 19.2 Å². The van der Waals surface area contributed by atoms with E-state index in [1.807, 2.05) is 19.9 Å². The van der Waals surface area contributed by atoms with Gasteiger partial charge in [-0.2, -0.15) is 5.26 Å². The molecule has 0 N–H and O–H groups in total. The highest BCUT2D eigenvalue weighted by molar-refractivity contribution is 5.46. The van der Waals surface area contributed by atoms with Crippen molar-refractivity contribution in [3.05, 3.63) is 35.5 Å². The number of rotatable bonds is 5. The highest BCUT2D eigenvalue weighted by Gasteiger charge is 2.11. The smallest absolute Gasteiger partial charge is 0.253 e. The van der Waals surface area contributed by atoms with Crippen LogP contribution in [0.25, 0.3) is 0 Å². The fourth-order valence-corrected chi connectivity index (χ4v) is 1.55. The summed E-state index contributed by atoms with van der Waals surface area (Å²) in [5.41, 5.74) is 0.508. The summed E-state index contributed by atoms with van der Waals surface area (Å²) in [7, 11) is 1.52. The normalized spacial score (nSPS) is 10.3. The van der Waals surface area contributed by atoms with Crippen LogP contribution in [0.1, 0.15) is 37.1 Å². The van der Waals surface area contributed by atoms with Gasteiger partial charge in [0.15, 0.2) is 18.1 Å². The first-order valence-electron chi connectivity index (χ1n) is 6.17. The molecule has 0 saturated heterocycles. The van der Waals surface area contributed by atoms with Crippen LogP contribution in [0.4, 0.5) is 0 Å². The molecule has 0 aliphatic carbocycles. The minimum absolute atomic E-state index is 0.155. The molecule has 2 rings (SSSR count). The highest BCUT2D eigenvalue weighted by atomic mass is 16.5. The summed E-state index contributed by atoms with van der Waals surface area (Å²) in [6.45, 7) is 4.10. The molecule has 1 aromatic carbocycles. The van der Waals surface area contributed by atoms with Crippen molar-refractivity contribution < 1.29 is 13.9 Å². The van der Waals surface area contributed by atoms with Crippen molar-refractivity contribution in [3.8, 4) is 17.6 Å². The van der Waals surface area contributed by atoms with Crippen molar-refractivity contribution in [2.24, 2.45) is 0 Å². The zero-order valence-electron chi connectivity index (χ0n) is 11.6. The van der Waals surface area contributed by atoms with Gasteiger partial charge in [-0.25, -0.2) is 0 Å². The maximum Gasteiger partial charge on any atom is 0.253 e. The predicted molar refractivity (Wildman–Crippen MR) is 70.4 cm³/mol. The maximum atomic E-state index is 8.83. The Kier molecular flexibility index (Phi) is 4.20. The van der Waals surface area contributed by atoms with Gasteiger partial charge in [-0.3, -0.25) is 0 Å². The Balaban J connectivity index is 2.08. The lowest BCUT2D eigenvalue weighted by Gasteiger charge is -2.09. The Morgan fingerprint density at radius 1 is 1.30 bits per heavy atom. The van der Waals surface area contributed by atoms with Crippen molar-refractivity contribution in [1.82, 2.24) is 10.2 Å². The second-order valence-corrected chi connectivity index (χ2v) is 4.45. The summed E-state index contributed by atoms with van der Waals surface area (Å²) in [6, 6.07) is 6.99. The standard InChI is InChI=1S/C14H15N3O3/c1-9(2)14-17-16-13(20-14)8-19-11-5-4-10(7-15)6-12(11)18-3/h4-6,9H,8H2,1-3H3. The fourth-order valence-electron chi connectivity index (χ4n) is 1.55. The summed E-state index contributed by atoms with van der Waals surface area (Å²) in [4.78, 5) is 0. The SMILES string of the molecule is COc1cc(C#N)ccc1OCc1nnc(C(C)C)o1. The molecule has 0 fully saturated rings. The Bertz CT molecular complexity index is 629. The summed E-state index contributed by atoms with van der Waals surface area (Å²) in [5, 5.41) is 16.7. The van der Waals surface area contributed by atoms with Gasteiger partial charge in [0.25, 0.3) is 5.89 Å². The summed E-state index contributed by atoms with van der Waals surface area (Å²) in [6.07, 6.45) is 0. The molecule has 0 radical (unpaired) electrons. The monoisotopic (exact) mass is 273 g/mol. The first kappa shape index (κ1) is 13.9. The van der Waals surface area contributed by atoms with Crippen LogP contribution in [0.5, 0.6) is 11.5 Å². The molecule has 0 aliphatic rings. The first-order chi connectivity index (χ1) is 9.63. The molecule has 0 atom stereocenters. The molecule has 0 spiro atoms. The molecule has 1 heterocycles. The molecule has 0 aliphatic heterocycles. The van der Waals surface area contributed by atoms with E-state index in [2.05, 4.69) is 10.2 Å². The van der Waals surface area contributed by atoms with E-state index in [9.17, 15) is 0 Å². The van der Waals surface area contributed by atoms with Crippen molar-refractivity contribution in [2.75, 3.05) is 7.11 Å². The predicted octanol–water partition coefficient (Wildman–Crippen LogP) is 2.65. The minimum Gasteiger partial charge on any atom is -0.493 e. The van der Waals surface area contributed by atoms with Crippen molar-refractivity contribution >= 4 is 0 Å². The lowest BCUT2D eigenvalue weighted by molar-refractivity contribution is 0.245. The van der Waals surface area contributed by atoms with Crippen LogP contribution >= 0.6 is 0 Å². The van der Waals surface area contributed by atoms with Gasteiger partial charge in [-0.1, -0.05) is 13.8 Å². The van der Waals surface area contributed by atoms with Gasteiger partial charge in [-0.05, 0) is 12.1 Å². The number of nitrogens with zero attached hydrogens (tertiary/aromatic N) is 3. The van der Waals surface area contributed by atoms with E-state index in [1.54, 1.807) is 18.2 Å². The summed E-state index contributed by atoms with van der Waals surface area (Å²) < 4.78 is 16.2. The Morgan fingerprint density at radius 2 is 2.10 bits per heavy atom.